The van der Waals surface area contributed by atoms with Crippen molar-refractivity contribution < 1.29 is 49.7 Å². The Bertz CT molecular complexity index is 1970. The van der Waals surface area contributed by atoms with Gasteiger partial charge in [-0.25, -0.2) is 0 Å². The molecule has 4 heterocycles. The van der Waals surface area contributed by atoms with E-state index in [4.69, 9.17) is 9.47 Å². The smallest absolute Gasteiger partial charge is 0.312 e. The van der Waals surface area contributed by atoms with Crippen molar-refractivity contribution in [3.05, 3.63) is 52.8 Å². The fourth-order valence-electron chi connectivity index (χ4n) is 7.88. The summed E-state index contributed by atoms with van der Waals surface area (Å²) < 4.78 is 12.1. The van der Waals surface area contributed by atoms with Gasteiger partial charge >= 0.3 is 5.79 Å². The quantitative estimate of drug-likeness (QED) is 0.122. The lowest BCUT2D eigenvalue weighted by molar-refractivity contribution is -0.112. The van der Waals surface area contributed by atoms with Crippen molar-refractivity contribution in [2.75, 3.05) is 38.0 Å². The molecule has 2 aromatic carbocycles. The molecule has 9 atom stereocenters. The first-order valence-corrected chi connectivity index (χ1v) is 19.9. The largest absolute Gasteiger partial charge is 0.507 e. The fourth-order valence-corrected chi connectivity index (χ4v) is 7.88. The molecule has 5 bridgehead atoms. The monoisotopic (exact) mass is 792 g/mol. The number of ketones is 1. The summed E-state index contributed by atoms with van der Waals surface area (Å²) in [5.41, 5.74) is -0.183. The van der Waals surface area contributed by atoms with Crippen LogP contribution in [0.3, 0.4) is 0 Å². The maximum absolute atomic E-state index is 14.3. The number of allylic oxidation sites excluding steroid dienone is 3. The molecule has 7 N–H and O–H groups in total. The molecule has 4 aliphatic rings. The number of aliphatic hydroxyl groups excluding tert-OH is 3. The Labute approximate surface area is 334 Å². The minimum atomic E-state index is -1.96. The number of fused-ring (bicyclic) bond motifs is 14. The zero-order chi connectivity index (χ0) is 42.1. The number of nitrogens with one attached hydrogen (secondary N) is 1. The molecule has 1 fully saturated rings. The zero-order valence-corrected chi connectivity index (χ0v) is 34.5. The number of phenolic OH excluding ortho intramolecular Hbond substituents is 3. The van der Waals surface area contributed by atoms with Crippen molar-refractivity contribution in [3.8, 4) is 23.0 Å². The number of aromatic hydroxyl groups is 3. The summed E-state index contributed by atoms with van der Waals surface area (Å²) in [6, 6.07) is 0. The third kappa shape index (κ3) is 8.50. The summed E-state index contributed by atoms with van der Waals surface area (Å²) in [6.45, 7) is 19.2. The van der Waals surface area contributed by atoms with Gasteiger partial charge < -0.3 is 45.4 Å². The maximum Gasteiger partial charge on any atom is 0.312 e. The van der Waals surface area contributed by atoms with Crippen molar-refractivity contribution in [2.24, 2.45) is 34.7 Å². The van der Waals surface area contributed by atoms with Gasteiger partial charge in [-0.05, 0) is 44.7 Å². The van der Waals surface area contributed by atoms with Crippen LogP contribution in [-0.2, 0) is 9.53 Å². The van der Waals surface area contributed by atoms with E-state index in [2.05, 4.69) is 22.2 Å². The molecule has 4 aliphatic heterocycles. The highest BCUT2D eigenvalue weighted by Gasteiger charge is 2.49. The van der Waals surface area contributed by atoms with Crippen LogP contribution in [0.2, 0.25) is 0 Å². The number of carbonyl (C=O) groups excluding carboxylic acids is 2. The molecule has 14 heteroatoms. The summed E-state index contributed by atoms with van der Waals surface area (Å²) >= 11 is 0. The minimum absolute atomic E-state index is 0.0522. The third-order valence-electron chi connectivity index (χ3n) is 12.2. The first-order chi connectivity index (χ1) is 26.8. The van der Waals surface area contributed by atoms with Gasteiger partial charge in [0.25, 0.3) is 11.7 Å². The Morgan fingerprint density at radius 3 is 2.14 bits per heavy atom. The van der Waals surface area contributed by atoms with E-state index < -0.39 is 70.8 Å². The number of hydrogen-bond acceptors (Lipinski definition) is 13. The first kappa shape index (κ1) is 43.5. The van der Waals surface area contributed by atoms with E-state index in [1.165, 1.54) is 32.4 Å². The number of hydrazone groups is 1. The Morgan fingerprint density at radius 2 is 1.49 bits per heavy atom. The van der Waals surface area contributed by atoms with E-state index in [1.807, 2.05) is 18.9 Å². The van der Waals surface area contributed by atoms with Crippen LogP contribution in [-0.4, -0.2) is 115 Å². The first-order valence-electron chi connectivity index (χ1n) is 19.9. The molecule has 14 nitrogen and oxygen atoms in total. The molecule has 0 spiro atoms. The number of hydrogen-bond donors (Lipinski definition) is 7. The average Bonchev–Trinajstić information content (AvgIpc) is 3.45. The number of aliphatic hydroxyl groups is 3. The molecular formula is C43H60N4O10. The highest BCUT2D eigenvalue weighted by Crippen LogP contribution is 2.55. The number of nitrogens with zero attached hydrogens (tertiary/aromatic N) is 3. The molecule has 57 heavy (non-hydrogen) atoms. The van der Waals surface area contributed by atoms with Crippen LogP contribution in [0, 0.1) is 36.5 Å². The number of piperazine rings is 1. The van der Waals surface area contributed by atoms with E-state index in [-0.39, 0.29) is 56.3 Å². The molecule has 0 radical (unpaired) electrons. The molecule has 0 saturated carbocycles. The van der Waals surface area contributed by atoms with Gasteiger partial charge in [0.15, 0.2) is 5.75 Å². The maximum atomic E-state index is 14.3. The normalized spacial score (nSPS) is 32.9. The number of ether oxygens (including phenoxy) is 2. The molecular weight excluding hydrogens is 732 g/mol. The number of anilines is 1. The zero-order valence-electron chi connectivity index (χ0n) is 34.5. The molecule has 0 unspecified atom stereocenters. The van der Waals surface area contributed by atoms with Crippen molar-refractivity contribution in [1.29, 1.82) is 0 Å². The fraction of sp³-hybridized carbons (Fsp3) is 0.558. The molecule has 0 aliphatic carbocycles. The summed E-state index contributed by atoms with van der Waals surface area (Å²) in [6.07, 6.45) is 7.12. The lowest BCUT2D eigenvalue weighted by atomic mass is 9.77. The van der Waals surface area contributed by atoms with E-state index in [9.17, 15) is 40.2 Å². The van der Waals surface area contributed by atoms with Crippen molar-refractivity contribution in [1.82, 2.24) is 9.91 Å². The van der Waals surface area contributed by atoms with E-state index >= 15 is 0 Å². The molecule has 1 amide bonds. The van der Waals surface area contributed by atoms with Crippen LogP contribution in [0.5, 0.6) is 23.0 Å². The Hall–Kier alpha value is -4.63. The van der Waals surface area contributed by atoms with Gasteiger partial charge in [0.2, 0.25) is 0 Å². The van der Waals surface area contributed by atoms with Crippen molar-refractivity contribution >= 4 is 34.4 Å². The predicted molar refractivity (Wildman–Crippen MR) is 219 cm³/mol. The summed E-state index contributed by atoms with van der Waals surface area (Å²) in [5, 5.41) is 77.9. The van der Waals surface area contributed by atoms with Gasteiger partial charge in [-0.3, -0.25) is 19.5 Å². The molecule has 0 aromatic heterocycles. The number of carbonyl (C=O) groups is 2. The van der Waals surface area contributed by atoms with Crippen molar-refractivity contribution in [3.63, 3.8) is 0 Å². The van der Waals surface area contributed by atoms with Gasteiger partial charge in [0.05, 0.1) is 53.0 Å². The molecule has 6 rings (SSSR count). The molecule has 1 saturated heterocycles. The van der Waals surface area contributed by atoms with E-state index in [1.54, 1.807) is 45.9 Å². The number of phenols is 3. The van der Waals surface area contributed by atoms with Gasteiger partial charge in [-0.2, -0.15) is 5.10 Å². The summed E-state index contributed by atoms with van der Waals surface area (Å²) in [7, 11) is 0. The van der Waals surface area contributed by atoms with Crippen LogP contribution in [0.15, 0.2) is 41.2 Å². The number of benzene rings is 2. The summed E-state index contributed by atoms with van der Waals surface area (Å²) in [4.78, 5) is 30.4. The molecule has 312 valence electrons. The van der Waals surface area contributed by atoms with Crippen LogP contribution >= 0.6 is 0 Å². The van der Waals surface area contributed by atoms with E-state index in [0.29, 0.717) is 13.1 Å². The van der Waals surface area contributed by atoms with Crippen LogP contribution in [0.25, 0.3) is 10.8 Å². The van der Waals surface area contributed by atoms with Crippen LogP contribution in [0.4, 0.5) is 5.69 Å². The lowest BCUT2D eigenvalue weighted by Crippen LogP contribution is -2.44. The third-order valence-corrected chi connectivity index (χ3v) is 12.2. The van der Waals surface area contributed by atoms with Gasteiger partial charge in [-0.15, -0.1) is 0 Å². The van der Waals surface area contributed by atoms with Crippen molar-refractivity contribution in [2.45, 2.75) is 92.8 Å². The Morgan fingerprint density at radius 1 is 0.860 bits per heavy atom. The second kappa shape index (κ2) is 17.5. The average molecular weight is 793 g/mol. The predicted octanol–water partition coefficient (Wildman–Crippen LogP) is 5.17. The minimum Gasteiger partial charge on any atom is -0.507 e. The number of amides is 1. The van der Waals surface area contributed by atoms with Gasteiger partial charge in [0.1, 0.15) is 17.2 Å². The topological polar surface area (TPSA) is 205 Å². The SMILES string of the molecule is CCCN1CCN(/N=C/c2c3c(O)c4c(O)c(C)c5c(c4c2O)C(=O)[C@@](C)(O/C=C/[C@H](C)[C@@H](C)[C@@H](O)[C@H](C)[C@H](O)[C@H](C)[C@@H](O)[C@@H](C)/C=C/C=C(/C)C(=O)N3)O5)CC1. The van der Waals surface area contributed by atoms with E-state index in [0.717, 1.165) is 26.1 Å². The highest BCUT2D eigenvalue weighted by molar-refractivity contribution is 6.23. The van der Waals surface area contributed by atoms with Crippen LogP contribution < -0.4 is 10.1 Å². The standard InChI is InChI=1S/C43H60N4O10/c1-10-15-46-16-18-47(19-17-46)44-21-29-33-39(53)31-30(38(29)52)32-40(28(8)37(31)51)57-43(9,41(32)54)56-20-14-22(2)25(5)35(49)27(7)36(50)26(6)34(48)23(3)12-11-13-24(4)42(55)45-33/h11-14,20-23,25-27,34-36,48-53H,10,15-19H2,1-9H3,(H,45,55)/b12-11+,20-14+,24-13-,44-21+/t22-,23-,25+,26+,27-,34-,35+,36+,43-/m0/s1. The second-order valence-corrected chi connectivity index (χ2v) is 16.2. The Balaban J connectivity index is 1.67. The van der Waals surface area contributed by atoms with Crippen LogP contribution in [0.1, 0.15) is 83.3 Å². The summed E-state index contributed by atoms with van der Waals surface area (Å²) in [5.74, 6) is -7.34. The highest BCUT2D eigenvalue weighted by atomic mass is 16.7. The van der Waals surface area contributed by atoms with Gasteiger partial charge in [0, 0.05) is 67.4 Å². The lowest BCUT2D eigenvalue weighted by Gasteiger charge is -2.35. The number of Topliss-reactive ketones (excluding diaryl/α,β-unsaturated/α-hetero) is 1. The number of rotatable bonds is 4. The second-order valence-electron chi connectivity index (χ2n) is 16.2. The van der Waals surface area contributed by atoms with Gasteiger partial charge in [-0.1, -0.05) is 59.8 Å². The Kier molecular flexibility index (Phi) is 13.3. The molecule has 2 aromatic rings.